The average molecular weight is 567 g/mol. The van der Waals surface area contributed by atoms with E-state index >= 15 is 0 Å². The van der Waals surface area contributed by atoms with Crippen molar-refractivity contribution >= 4 is 17.7 Å². The maximum atomic E-state index is 10.8. The molecule has 0 unspecified atom stereocenters. The standard InChI is InChI=1S/C28H38O10S/c29-28(30)5-18-39-22-23-19-24-21-25(20-23)36-15-11-32-7-9-34-13-17-38-27-4-2-1-3-26(27)37-16-12-33-8-6-31-10-14-35-24/h1-4,19-21H,5-18,22H2,(H,29,30). The first-order chi connectivity index (χ1) is 19.2. The van der Waals surface area contributed by atoms with Crippen LogP contribution in [0.5, 0.6) is 23.0 Å². The highest BCUT2D eigenvalue weighted by Gasteiger charge is 2.07. The number of ether oxygens (including phenoxy) is 8. The van der Waals surface area contributed by atoms with Gasteiger partial charge in [-0.2, -0.15) is 11.8 Å². The molecule has 0 spiro atoms. The number of thioether (sulfide) groups is 1. The molecule has 3 rings (SSSR count). The molecule has 0 saturated carbocycles. The maximum Gasteiger partial charge on any atom is 0.304 e. The fraction of sp³-hybridized carbons (Fsp3) is 0.536. The van der Waals surface area contributed by atoms with Gasteiger partial charge in [0.25, 0.3) is 0 Å². The summed E-state index contributed by atoms with van der Waals surface area (Å²) in [6.07, 6.45) is 0.125. The molecular formula is C28H38O10S. The molecule has 1 N–H and O–H groups in total. The van der Waals surface area contributed by atoms with Crippen molar-refractivity contribution in [2.24, 2.45) is 0 Å². The molecule has 39 heavy (non-hydrogen) atoms. The summed E-state index contributed by atoms with van der Waals surface area (Å²) in [5.74, 6) is 3.05. The molecule has 0 atom stereocenters. The largest absolute Gasteiger partial charge is 0.491 e. The lowest BCUT2D eigenvalue weighted by molar-refractivity contribution is -0.136. The van der Waals surface area contributed by atoms with Gasteiger partial charge in [-0.15, -0.1) is 0 Å². The SMILES string of the molecule is O=C(O)CCSCc1cc2cc(c1)OCCOCCOCCOc1ccccc1OCCOCCOCCO2. The van der Waals surface area contributed by atoms with Crippen molar-refractivity contribution < 1.29 is 47.8 Å². The smallest absolute Gasteiger partial charge is 0.304 e. The van der Waals surface area contributed by atoms with Gasteiger partial charge in [0.2, 0.25) is 0 Å². The predicted octanol–water partition coefficient (Wildman–Crippen LogP) is 3.69. The molecule has 0 aromatic heterocycles. The molecule has 0 saturated heterocycles. The summed E-state index contributed by atoms with van der Waals surface area (Å²) in [7, 11) is 0. The maximum absolute atomic E-state index is 10.8. The Kier molecular flexibility index (Phi) is 15.3. The molecular weight excluding hydrogens is 528 g/mol. The Hall–Kier alpha value is -2.70. The van der Waals surface area contributed by atoms with Crippen molar-refractivity contribution in [2.45, 2.75) is 12.2 Å². The first-order valence-corrected chi connectivity index (χ1v) is 14.2. The van der Waals surface area contributed by atoms with E-state index in [0.29, 0.717) is 114 Å². The molecule has 1 heterocycles. The third-order valence-corrected chi connectivity index (χ3v) is 6.26. The van der Waals surface area contributed by atoms with Crippen LogP contribution in [-0.2, 0) is 29.5 Å². The molecule has 0 fully saturated rings. The van der Waals surface area contributed by atoms with Crippen molar-refractivity contribution in [3.05, 3.63) is 48.0 Å². The quantitative estimate of drug-likeness (QED) is 0.535. The molecule has 11 heteroatoms. The van der Waals surface area contributed by atoms with Crippen molar-refractivity contribution in [1.82, 2.24) is 0 Å². The van der Waals surface area contributed by atoms with E-state index in [0.717, 1.165) is 5.56 Å². The summed E-state index contributed by atoms with van der Waals surface area (Å²) in [4.78, 5) is 10.8. The first kappa shape index (κ1) is 30.8. The number of aliphatic carboxylic acids is 1. The zero-order chi connectivity index (χ0) is 27.4. The Bertz CT molecular complexity index is 896. The Labute approximate surface area is 233 Å². The van der Waals surface area contributed by atoms with E-state index in [1.807, 2.05) is 42.5 Å². The highest BCUT2D eigenvalue weighted by molar-refractivity contribution is 7.98. The summed E-state index contributed by atoms with van der Waals surface area (Å²) >= 11 is 1.55. The number of rotatable bonds is 5. The van der Waals surface area contributed by atoms with Crippen molar-refractivity contribution in [3.8, 4) is 23.0 Å². The van der Waals surface area contributed by atoms with E-state index in [1.165, 1.54) is 0 Å². The fourth-order valence-electron chi connectivity index (χ4n) is 3.42. The second kappa shape index (κ2) is 19.4. The van der Waals surface area contributed by atoms with Gasteiger partial charge in [0.05, 0.1) is 59.3 Å². The summed E-state index contributed by atoms with van der Waals surface area (Å²) in [6.45, 7) is 4.99. The van der Waals surface area contributed by atoms with Crippen LogP contribution in [-0.4, -0.2) is 96.1 Å². The number of carboxylic acids is 1. The normalized spacial score (nSPS) is 17.0. The van der Waals surface area contributed by atoms with Crippen molar-refractivity contribution in [3.63, 3.8) is 0 Å². The van der Waals surface area contributed by atoms with Gasteiger partial charge in [0.1, 0.15) is 37.9 Å². The number of fused-ring (bicyclic) bond motifs is 3. The Morgan fingerprint density at radius 3 is 1.54 bits per heavy atom. The van der Waals surface area contributed by atoms with Gasteiger partial charge in [-0.25, -0.2) is 0 Å². The lowest BCUT2D eigenvalue weighted by atomic mass is 10.2. The van der Waals surface area contributed by atoms with E-state index in [4.69, 9.17) is 43.0 Å². The van der Waals surface area contributed by atoms with Crippen molar-refractivity contribution in [2.75, 3.05) is 85.0 Å². The Balaban J connectivity index is 1.49. The third kappa shape index (κ3) is 13.8. The lowest BCUT2D eigenvalue weighted by Gasteiger charge is -2.13. The van der Waals surface area contributed by atoms with Crippen LogP contribution in [0.2, 0.25) is 0 Å². The Morgan fingerprint density at radius 1 is 0.641 bits per heavy atom. The Morgan fingerprint density at radius 2 is 1.08 bits per heavy atom. The van der Waals surface area contributed by atoms with Gasteiger partial charge in [-0.05, 0) is 29.8 Å². The molecule has 1 aliphatic heterocycles. The van der Waals surface area contributed by atoms with E-state index in [1.54, 1.807) is 11.8 Å². The summed E-state index contributed by atoms with van der Waals surface area (Å²) < 4.78 is 45.8. The van der Waals surface area contributed by atoms with E-state index in [2.05, 4.69) is 0 Å². The van der Waals surface area contributed by atoms with Crippen LogP contribution in [0.15, 0.2) is 42.5 Å². The van der Waals surface area contributed by atoms with Gasteiger partial charge in [-0.1, -0.05) is 12.1 Å². The van der Waals surface area contributed by atoms with Crippen LogP contribution in [0.25, 0.3) is 0 Å². The van der Waals surface area contributed by atoms with Crippen LogP contribution in [0, 0.1) is 0 Å². The van der Waals surface area contributed by atoms with Crippen LogP contribution >= 0.6 is 11.8 Å². The topological polar surface area (TPSA) is 111 Å². The molecule has 2 aromatic rings. The highest BCUT2D eigenvalue weighted by Crippen LogP contribution is 2.27. The number of hydrogen-bond acceptors (Lipinski definition) is 10. The summed E-state index contributed by atoms with van der Waals surface area (Å²) in [5, 5.41) is 8.86. The van der Waals surface area contributed by atoms with Crippen LogP contribution in [0.3, 0.4) is 0 Å². The number of carbonyl (C=O) groups is 1. The minimum Gasteiger partial charge on any atom is -0.491 e. The van der Waals surface area contributed by atoms with E-state index in [-0.39, 0.29) is 6.42 Å². The fourth-order valence-corrected chi connectivity index (χ4v) is 4.29. The van der Waals surface area contributed by atoms with Crippen LogP contribution in [0.4, 0.5) is 0 Å². The predicted molar refractivity (Wildman–Crippen MR) is 147 cm³/mol. The van der Waals surface area contributed by atoms with Gasteiger partial charge in [-0.3, -0.25) is 4.79 Å². The molecule has 0 aliphatic carbocycles. The number of carboxylic acid groups (broad SMARTS) is 1. The zero-order valence-corrected chi connectivity index (χ0v) is 23.0. The third-order valence-electron chi connectivity index (χ3n) is 5.23. The molecule has 0 radical (unpaired) electrons. The first-order valence-electron chi connectivity index (χ1n) is 13.1. The molecule has 10 nitrogen and oxygen atoms in total. The van der Waals surface area contributed by atoms with Gasteiger partial charge >= 0.3 is 5.97 Å². The number of para-hydroxylation sites is 2. The minimum atomic E-state index is -0.801. The second-order valence-corrected chi connectivity index (χ2v) is 9.40. The van der Waals surface area contributed by atoms with Gasteiger partial charge < -0.3 is 43.0 Å². The van der Waals surface area contributed by atoms with Crippen molar-refractivity contribution in [1.29, 1.82) is 0 Å². The highest BCUT2D eigenvalue weighted by atomic mass is 32.2. The van der Waals surface area contributed by atoms with Gasteiger partial charge in [0, 0.05) is 17.6 Å². The van der Waals surface area contributed by atoms with E-state index in [9.17, 15) is 4.79 Å². The average Bonchev–Trinajstić information content (AvgIpc) is 2.93. The van der Waals surface area contributed by atoms with Gasteiger partial charge in [0.15, 0.2) is 11.5 Å². The molecule has 2 aromatic carbocycles. The number of hydrogen-bond donors (Lipinski definition) is 1. The minimum absolute atomic E-state index is 0.125. The van der Waals surface area contributed by atoms with Crippen LogP contribution in [0.1, 0.15) is 12.0 Å². The monoisotopic (exact) mass is 566 g/mol. The molecule has 2 bridgehead atoms. The molecule has 216 valence electrons. The lowest BCUT2D eigenvalue weighted by Crippen LogP contribution is -2.14. The molecule has 1 aliphatic rings. The van der Waals surface area contributed by atoms with E-state index < -0.39 is 5.97 Å². The number of benzene rings is 2. The second-order valence-electron chi connectivity index (χ2n) is 8.30. The molecule has 0 amide bonds. The summed E-state index contributed by atoms with van der Waals surface area (Å²) in [5.41, 5.74) is 0.991. The summed E-state index contributed by atoms with van der Waals surface area (Å²) in [6, 6.07) is 13.2. The zero-order valence-electron chi connectivity index (χ0n) is 22.2. The van der Waals surface area contributed by atoms with Crippen LogP contribution < -0.4 is 18.9 Å².